The maximum absolute atomic E-state index is 12.0. The van der Waals surface area contributed by atoms with E-state index in [2.05, 4.69) is 32.1 Å². The van der Waals surface area contributed by atoms with E-state index in [0.717, 1.165) is 37.0 Å². The van der Waals surface area contributed by atoms with E-state index < -0.39 is 0 Å². The van der Waals surface area contributed by atoms with Gasteiger partial charge in [-0.1, -0.05) is 51.5 Å². The Labute approximate surface area is 142 Å². The molecule has 0 aromatic heterocycles. The summed E-state index contributed by atoms with van der Waals surface area (Å²) in [5.41, 5.74) is 2.28. The van der Waals surface area contributed by atoms with Crippen molar-refractivity contribution in [3.05, 3.63) is 23.8 Å². The molecule has 0 radical (unpaired) electrons. The minimum atomic E-state index is 0.318. The summed E-state index contributed by atoms with van der Waals surface area (Å²) in [4.78, 5) is 12.0. The van der Waals surface area contributed by atoms with Crippen LogP contribution in [0.4, 0.5) is 0 Å². The van der Waals surface area contributed by atoms with E-state index >= 15 is 0 Å². The average molecular weight is 315 g/mol. The highest BCUT2D eigenvalue weighted by molar-refractivity contribution is 5.81. The average Bonchev–Trinajstić information content (AvgIpc) is 2.86. The number of hydrogen-bond donors (Lipinski definition) is 0. The van der Waals surface area contributed by atoms with Crippen molar-refractivity contribution in [2.24, 2.45) is 28.6 Å². The third kappa shape index (κ3) is 2.65. The first-order valence-corrected chi connectivity index (χ1v) is 9.92. The van der Waals surface area contributed by atoms with Crippen molar-refractivity contribution in [2.75, 3.05) is 0 Å². The first kappa shape index (κ1) is 17.0. The highest BCUT2D eigenvalue weighted by Gasteiger charge is 2.54. The number of Topliss-reactive ketones (excluding diaryl/α,β-unsaturated/α-hetero) is 1. The molecule has 2 fully saturated rings. The lowest BCUT2D eigenvalue weighted by molar-refractivity contribution is -0.118. The molecular formula is C22H34O. The van der Waals surface area contributed by atoms with Gasteiger partial charge in [-0.05, 0) is 67.1 Å². The molecule has 1 heteroatoms. The Balaban J connectivity index is 0.000000753. The van der Waals surface area contributed by atoms with Gasteiger partial charge in [0.05, 0.1) is 0 Å². The number of rotatable bonds is 0. The molecule has 5 atom stereocenters. The smallest absolute Gasteiger partial charge is 0.136 e. The molecular weight excluding hydrogens is 280 g/mol. The van der Waals surface area contributed by atoms with Gasteiger partial charge in [-0.3, -0.25) is 4.79 Å². The van der Waals surface area contributed by atoms with Crippen LogP contribution in [0.5, 0.6) is 0 Å². The fraction of sp³-hybridized carbons (Fsp3) is 0.773. The van der Waals surface area contributed by atoms with Crippen LogP contribution in [0, 0.1) is 28.6 Å². The molecule has 4 rings (SSSR count). The molecule has 0 N–H and O–H groups in total. The zero-order valence-electron chi connectivity index (χ0n) is 15.5. The lowest BCUT2D eigenvalue weighted by Crippen LogP contribution is -2.47. The van der Waals surface area contributed by atoms with Crippen molar-refractivity contribution < 1.29 is 4.79 Å². The highest BCUT2D eigenvalue weighted by Crippen LogP contribution is 2.62. The molecule has 0 saturated heterocycles. The number of allylic oxidation sites excluding steroid dienone is 4. The van der Waals surface area contributed by atoms with E-state index in [0.29, 0.717) is 16.6 Å². The Morgan fingerprint density at radius 1 is 1.09 bits per heavy atom. The van der Waals surface area contributed by atoms with Crippen molar-refractivity contribution in [2.45, 2.75) is 79.1 Å². The first-order chi connectivity index (χ1) is 11.0. The van der Waals surface area contributed by atoms with Gasteiger partial charge in [0, 0.05) is 12.8 Å². The Bertz CT molecular complexity index is 528. The number of ketones is 1. The summed E-state index contributed by atoms with van der Waals surface area (Å²) in [6.07, 6.45) is 16.6. The summed E-state index contributed by atoms with van der Waals surface area (Å²) in [5.74, 6) is 3.00. The van der Waals surface area contributed by atoms with Gasteiger partial charge >= 0.3 is 0 Å². The molecule has 2 saturated carbocycles. The number of carbonyl (C=O) groups excluding carboxylic acids is 1. The quantitative estimate of drug-likeness (QED) is 0.494. The third-order valence-corrected chi connectivity index (χ3v) is 7.49. The number of carbonyl (C=O) groups is 1. The molecule has 23 heavy (non-hydrogen) atoms. The normalized spacial score (nSPS) is 45.0. The summed E-state index contributed by atoms with van der Waals surface area (Å²) < 4.78 is 0. The molecule has 0 aromatic rings. The van der Waals surface area contributed by atoms with Crippen LogP contribution < -0.4 is 0 Å². The fourth-order valence-electron chi connectivity index (χ4n) is 6.21. The third-order valence-electron chi connectivity index (χ3n) is 7.49. The lowest BCUT2D eigenvalue weighted by Gasteiger charge is -2.55. The summed E-state index contributed by atoms with van der Waals surface area (Å²) >= 11 is 0. The number of fused-ring (bicyclic) bond motifs is 5. The summed E-state index contributed by atoms with van der Waals surface area (Å²) in [6.45, 7) is 8.97. The van der Waals surface area contributed by atoms with Crippen LogP contribution in [0.1, 0.15) is 79.1 Å². The largest absolute Gasteiger partial charge is 0.299 e. The topological polar surface area (TPSA) is 17.1 Å². The van der Waals surface area contributed by atoms with Crippen molar-refractivity contribution in [1.82, 2.24) is 0 Å². The van der Waals surface area contributed by atoms with E-state index in [1.165, 1.54) is 37.7 Å². The minimum absolute atomic E-state index is 0.318. The lowest BCUT2D eigenvalue weighted by atomic mass is 9.49. The van der Waals surface area contributed by atoms with Gasteiger partial charge in [0.25, 0.3) is 0 Å². The van der Waals surface area contributed by atoms with Crippen LogP contribution >= 0.6 is 0 Å². The van der Waals surface area contributed by atoms with Gasteiger partial charge in [-0.2, -0.15) is 0 Å². The van der Waals surface area contributed by atoms with Gasteiger partial charge in [-0.15, -0.1) is 0 Å². The zero-order valence-corrected chi connectivity index (χ0v) is 15.5. The fourth-order valence-corrected chi connectivity index (χ4v) is 6.21. The summed E-state index contributed by atoms with van der Waals surface area (Å²) in [6, 6.07) is 0. The molecule has 0 bridgehead atoms. The summed E-state index contributed by atoms with van der Waals surface area (Å²) in [7, 11) is 0. The predicted octanol–water partition coefficient (Wildman–Crippen LogP) is 6.10. The molecule has 0 amide bonds. The second-order valence-electron chi connectivity index (χ2n) is 8.51. The summed E-state index contributed by atoms with van der Waals surface area (Å²) in [5, 5.41) is 0. The Hall–Kier alpha value is -0.850. The second kappa shape index (κ2) is 6.22. The maximum Gasteiger partial charge on any atom is 0.136 e. The zero-order chi connectivity index (χ0) is 16.7. The molecule has 128 valence electrons. The molecule has 0 aromatic carbocycles. The molecule has 5 unspecified atom stereocenters. The minimum Gasteiger partial charge on any atom is -0.299 e. The van der Waals surface area contributed by atoms with Crippen LogP contribution in [0.3, 0.4) is 0 Å². The first-order valence-electron chi connectivity index (χ1n) is 9.92. The van der Waals surface area contributed by atoms with Gasteiger partial charge < -0.3 is 0 Å². The van der Waals surface area contributed by atoms with Crippen LogP contribution in [-0.4, -0.2) is 5.78 Å². The van der Waals surface area contributed by atoms with Crippen LogP contribution in [0.25, 0.3) is 0 Å². The van der Waals surface area contributed by atoms with Crippen LogP contribution in [0.15, 0.2) is 23.8 Å². The van der Waals surface area contributed by atoms with Gasteiger partial charge in [0.1, 0.15) is 5.78 Å². The molecule has 4 aliphatic carbocycles. The van der Waals surface area contributed by atoms with E-state index in [9.17, 15) is 4.79 Å². The monoisotopic (exact) mass is 314 g/mol. The van der Waals surface area contributed by atoms with E-state index in [1.807, 2.05) is 13.8 Å². The Kier molecular flexibility index (Phi) is 4.60. The van der Waals surface area contributed by atoms with Crippen LogP contribution in [-0.2, 0) is 4.79 Å². The second-order valence-corrected chi connectivity index (χ2v) is 8.51. The number of hydrogen-bond acceptors (Lipinski definition) is 1. The van der Waals surface area contributed by atoms with Crippen molar-refractivity contribution >= 4 is 5.78 Å². The maximum atomic E-state index is 12.0. The van der Waals surface area contributed by atoms with E-state index in [4.69, 9.17) is 0 Å². The molecule has 0 aliphatic heterocycles. The predicted molar refractivity (Wildman–Crippen MR) is 97.2 cm³/mol. The van der Waals surface area contributed by atoms with Crippen molar-refractivity contribution in [3.63, 3.8) is 0 Å². The molecule has 4 aliphatic rings. The Morgan fingerprint density at radius 3 is 2.65 bits per heavy atom. The van der Waals surface area contributed by atoms with Gasteiger partial charge in [0.15, 0.2) is 0 Å². The highest BCUT2D eigenvalue weighted by atomic mass is 16.1. The van der Waals surface area contributed by atoms with Crippen molar-refractivity contribution in [1.29, 1.82) is 0 Å². The standard InChI is InChI=1S/C20H28O.C2H6/c1-19-10-4-6-17(19)16-8-7-14-13-15(21)5-3-11-20(14,2)18(16)9-12-19;1-2/h4,7,10,16-18H,3,5-6,8-9,11-13H2,1-2H3;1-2H3. The van der Waals surface area contributed by atoms with Crippen LogP contribution in [0.2, 0.25) is 0 Å². The SMILES string of the molecule is CC.CC12C=CCC1C1CC=C3CC(=O)CCCC3(C)C1CC2. The van der Waals surface area contributed by atoms with E-state index in [-0.39, 0.29) is 0 Å². The molecule has 0 spiro atoms. The molecule has 0 heterocycles. The Morgan fingerprint density at radius 2 is 1.87 bits per heavy atom. The van der Waals surface area contributed by atoms with Gasteiger partial charge in [0.2, 0.25) is 0 Å². The van der Waals surface area contributed by atoms with E-state index in [1.54, 1.807) is 0 Å². The van der Waals surface area contributed by atoms with Crippen molar-refractivity contribution in [3.8, 4) is 0 Å². The molecule has 1 nitrogen and oxygen atoms in total. The van der Waals surface area contributed by atoms with Gasteiger partial charge in [-0.25, -0.2) is 0 Å².